The molecule has 0 aliphatic heterocycles. The van der Waals surface area contributed by atoms with E-state index in [1.807, 2.05) is 0 Å². The lowest BCUT2D eigenvalue weighted by Crippen LogP contribution is -2.13. The van der Waals surface area contributed by atoms with E-state index >= 15 is 0 Å². The van der Waals surface area contributed by atoms with Crippen molar-refractivity contribution in [2.24, 2.45) is 11.7 Å². The highest BCUT2D eigenvalue weighted by Gasteiger charge is 1.99. The van der Waals surface area contributed by atoms with E-state index in [0.717, 1.165) is 12.2 Å². The Kier molecular flexibility index (Phi) is 5.93. The van der Waals surface area contributed by atoms with Crippen LogP contribution in [0, 0.1) is 5.92 Å². The zero-order chi connectivity index (χ0) is 7.98. The van der Waals surface area contributed by atoms with Crippen LogP contribution in [0.2, 0.25) is 0 Å². The lowest BCUT2D eigenvalue weighted by molar-refractivity contribution is 0.619. The lowest BCUT2D eigenvalue weighted by atomic mass is 10.2. The second kappa shape index (κ2) is 5.86. The van der Waals surface area contributed by atoms with Crippen molar-refractivity contribution in [2.75, 3.05) is 18.1 Å². The monoisotopic (exact) mass is 163 g/mol. The van der Waals surface area contributed by atoms with Gasteiger partial charge in [0.15, 0.2) is 0 Å². The second-order valence-corrected chi connectivity index (χ2v) is 4.52. The first-order valence-electron chi connectivity index (χ1n) is 3.72. The molecule has 0 radical (unpaired) electrons. The molecule has 10 heavy (non-hydrogen) atoms. The van der Waals surface area contributed by atoms with Gasteiger partial charge in [-0.3, -0.25) is 4.21 Å². The Labute approximate surface area is 65.6 Å². The highest BCUT2D eigenvalue weighted by Crippen LogP contribution is 2.00. The zero-order valence-electron chi connectivity index (χ0n) is 6.80. The maximum absolute atomic E-state index is 11.0. The molecule has 0 amide bonds. The average molecular weight is 163 g/mol. The van der Waals surface area contributed by atoms with Gasteiger partial charge in [-0.1, -0.05) is 13.8 Å². The van der Waals surface area contributed by atoms with Gasteiger partial charge in [0, 0.05) is 28.9 Å². The molecule has 2 N–H and O–H groups in total. The Hall–Kier alpha value is 0.110. The first kappa shape index (κ1) is 10.1. The van der Waals surface area contributed by atoms with E-state index in [0.29, 0.717) is 18.2 Å². The molecule has 0 saturated carbocycles. The summed E-state index contributed by atoms with van der Waals surface area (Å²) in [6.45, 7) is 4.82. The maximum Gasteiger partial charge on any atom is 0.0357 e. The summed E-state index contributed by atoms with van der Waals surface area (Å²) in [5.41, 5.74) is 5.24. The van der Waals surface area contributed by atoms with E-state index in [4.69, 9.17) is 5.73 Å². The van der Waals surface area contributed by atoms with E-state index in [-0.39, 0.29) is 0 Å². The van der Waals surface area contributed by atoms with Crippen molar-refractivity contribution >= 4 is 10.8 Å². The van der Waals surface area contributed by atoms with Gasteiger partial charge in [-0.25, -0.2) is 0 Å². The molecule has 0 spiro atoms. The third-order valence-electron chi connectivity index (χ3n) is 1.27. The summed E-state index contributed by atoms with van der Waals surface area (Å²) in [5.74, 6) is 2.13. The highest BCUT2D eigenvalue weighted by molar-refractivity contribution is 7.84. The molecule has 0 fully saturated rings. The van der Waals surface area contributed by atoms with Crippen LogP contribution in [0.4, 0.5) is 0 Å². The van der Waals surface area contributed by atoms with Crippen LogP contribution in [-0.4, -0.2) is 22.3 Å². The van der Waals surface area contributed by atoms with Gasteiger partial charge >= 0.3 is 0 Å². The molecule has 0 aliphatic rings. The van der Waals surface area contributed by atoms with Crippen LogP contribution in [0.15, 0.2) is 0 Å². The van der Waals surface area contributed by atoms with E-state index in [2.05, 4.69) is 13.8 Å². The lowest BCUT2D eigenvalue weighted by Gasteiger charge is -2.02. The summed E-state index contributed by atoms with van der Waals surface area (Å²) >= 11 is 0. The van der Waals surface area contributed by atoms with Crippen molar-refractivity contribution in [2.45, 2.75) is 20.3 Å². The van der Waals surface area contributed by atoms with Crippen LogP contribution in [0.3, 0.4) is 0 Å². The highest BCUT2D eigenvalue weighted by atomic mass is 32.2. The molecule has 1 atom stereocenters. The van der Waals surface area contributed by atoms with Gasteiger partial charge in [-0.2, -0.15) is 0 Å². The number of hydrogen-bond donors (Lipinski definition) is 1. The van der Waals surface area contributed by atoms with Crippen LogP contribution in [0.1, 0.15) is 20.3 Å². The van der Waals surface area contributed by atoms with Crippen molar-refractivity contribution < 1.29 is 4.21 Å². The fourth-order valence-corrected chi connectivity index (χ4v) is 1.80. The molecule has 0 rings (SSSR count). The molecule has 0 bridgehead atoms. The average Bonchev–Trinajstić information content (AvgIpc) is 1.85. The van der Waals surface area contributed by atoms with Crippen molar-refractivity contribution in [3.8, 4) is 0 Å². The predicted octanol–water partition coefficient (Wildman–Crippen LogP) is 0.740. The van der Waals surface area contributed by atoms with Crippen LogP contribution in [0.5, 0.6) is 0 Å². The third-order valence-corrected chi connectivity index (χ3v) is 2.65. The third kappa shape index (κ3) is 6.23. The van der Waals surface area contributed by atoms with Crippen molar-refractivity contribution in [1.29, 1.82) is 0 Å². The van der Waals surface area contributed by atoms with Crippen molar-refractivity contribution in [3.05, 3.63) is 0 Å². The van der Waals surface area contributed by atoms with Gasteiger partial charge in [-0.05, 0) is 12.3 Å². The summed E-state index contributed by atoms with van der Waals surface area (Å²) in [7, 11) is -0.666. The fraction of sp³-hybridized carbons (Fsp3) is 1.00. The zero-order valence-corrected chi connectivity index (χ0v) is 7.62. The Morgan fingerprint density at radius 3 is 2.40 bits per heavy atom. The predicted molar refractivity (Wildman–Crippen MR) is 46.4 cm³/mol. The Morgan fingerprint density at radius 2 is 2.00 bits per heavy atom. The molecule has 0 aromatic heterocycles. The topological polar surface area (TPSA) is 43.1 Å². The Bertz CT molecular complexity index is 104. The van der Waals surface area contributed by atoms with E-state index in [1.165, 1.54) is 0 Å². The van der Waals surface area contributed by atoms with Crippen LogP contribution >= 0.6 is 0 Å². The normalized spacial score (nSPS) is 14.0. The first-order chi connectivity index (χ1) is 4.66. The van der Waals surface area contributed by atoms with Gasteiger partial charge in [-0.15, -0.1) is 0 Å². The molecule has 3 heteroatoms. The molecule has 0 saturated heterocycles. The molecule has 0 aliphatic carbocycles. The van der Waals surface area contributed by atoms with E-state index < -0.39 is 10.8 Å². The van der Waals surface area contributed by atoms with Gasteiger partial charge in [0.05, 0.1) is 0 Å². The SMILES string of the molecule is CC(C)CCS(=O)CCN. The Balaban J connectivity index is 3.22. The maximum atomic E-state index is 11.0. The minimum atomic E-state index is -0.666. The van der Waals surface area contributed by atoms with Gasteiger partial charge in [0.1, 0.15) is 0 Å². The first-order valence-corrected chi connectivity index (χ1v) is 5.20. The molecule has 62 valence electrons. The van der Waals surface area contributed by atoms with Crippen LogP contribution in [0.25, 0.3) is 0 Å². The summed E-state index contributed by atoms with van der Waals surface area (Å²) in [5, 5.41) is 0. The summed E-state index contributed by atoms with van der Waals surface area (Å²) in [6.07, 6.45) is 1.05. The molecule has 0 aromatic rings. The van der Waals surface area contributed by atoms with Crippen molar-refractivity contribution in [3.63, 3.8) is 0 Å². The molecule has 1 unspecified atom stereocenters. The minimum Gasteiger partial charge on any atom is -0.330 e. The fourth-order valence-electron chi connectivity index (χ4n) is 0.601. The van der Waals surface area contributed by atoms with Gasteiger partial charge in [0.2, 0.25) is 0 Å². The summed E-state index contributed by atoms with van der Waals surface area (Å²) in [4.78, 5) is 0. The van der Waals surface area contributed by atoms with Gasteiger partial charge in [0.25, 0.3) is 0 Å². The van der Waals surface area contributed by atoms with E-state index in [1.54, 1.807) is 0 Å². The largest absolute Gasteiger partial charge is 0.330 e. The standard InChI is InChI=1S/C7H17NOS/c1-7(2)3-5-10(9)6-4-8/h7H,3-6,8H2,1-2H3. The number of nitrogens with two attached hydrogens (primary N) is 1. The molecule has 2 nitrogen and oxygen atoms in total. The molecular formula is C7H17NOS. The number of hydrogen-bond acceptors (Lipinski definition) is 2. The number of rotatable bonds is 5. The second-order valence-electron chi connectivity index (χ2n) is 2.82. The smallest absolute Gasteiger partial charge is 0.0357 e. The summed E-state index contributed by atoms with van der Waals surface area (Å²) in [6, 6.07) is 0. The molecule has 0 heterocycles. The van der Waals surface area contributed by atoms with Crippen LogP contribution < -0.4 is 5.73 Å². The quantitative estimate of drug-likeness (QED) is 0.649. The minimum absolute atomic E-state index is 0.546. The van der Waals surface area contributed by atoms with Crippen LogP contribution in [-0.2, 0) is 10.8 Å². The van der Waals surface area contributed by atoms with Gasteiger partial charge < -0.3 is 5.73 Å². The Morgan fingerprint density at radius 1 is 1.40 bits per heavy atom. The summed E-state index contributed by atoms with van der Waals surface area (Å²) < 4.78 is 11.0. The van der Waals surface area contributed by atoms with Crippen molar-refractivity contribution in [1.82, 2.24) is 0 Å². The molecular weight excluding hydrogens is 146 g/mol. The van der Waals surface area contributed by atoms with E-state index in [9.17, 15) is 4.21 Å². The molecule has 0 aromatic carbocycles.